The molecule has 1 aromatic heterocycles. The summed E-state index contributed by atoms with van der Waals surface area (Å²) in [6.07, 6.45) is -0.0709. The lowest BCUT2D eigenvalue weighted by Gasteiger charge is -2.06. The molecule has 1 heterocycles. The van der Waals surface area contributed by atoms with Gasteiger partial charge in [0.2, 0.25) is 0 Å². The Balaban J connectivity index is 0.00000256. The number of hydrogen-bond donors (Lipinski definition) is 1. The number of rotatable bonds is 5. The highest BCUT2D eigenvalue weighted by Gasteiger charge is 2.19. The Bertz CT molecular complexity index is 392. The summed E-state index contributed by atoms with van der Waals surface area (Å²) in [5.41, 5.74) is 5.62. The summed E-state index contributed by atoms with van der Waals surface area (Å²) in [5, 5.41) is 10.3. The van der Waals surface area contributed by atoms with Gasteiger partial charge < -0.3 is 14.9 Å². The summed E-state index contributed by atoms with van der Waals surface area (Å²) in [6, 6.07) is 1.84. The van der Waals surface area contributed by atoms with Crippen LogP contribution in [0.4, 0.5) is 5.88 Å². The standard InChI is InChI=1S/C9H12N2O5.ClH/c1-2-15-9(12)5-6(10)7-3-4-8(16-7)11(13)14;/h3-4,6H,2,5,10H2,1H3;1H/t6-;/m1./s1. The van der Waals surface area contributed by atoms with Crippen LogP contribution in [0.3, 0.4) is 0 Å². The van der Waals surface area contributed by atoms with E-state index in [2.05, 4.69) is 0 Å². The van der Waals surface area contributed by atoms with Gasteiger partial charge in [0.05, 0.1) is 25.1 Å². The summed E-state index contributed by atoms with van der Waals surface area (Å²) < 4.78 is 9.55. The Labute approximate surface area is 103 Å². The van der Waals surface area contributed by atoms with Gasteiger partial charge in [-0.3, -0.25) is 14.9 Å². The minimum absolute atomic E-state index is 0. The van der Waals surface area contributed by atoms with Gasteiger partial charge in [0.15, 0.2) is 0 Å². The highest BCUT2D eigenvalue weighted by Crippen LogP contribution is 2.22. The van der Waals surface area contributed by atoms with Gasteiger partial charge in [0.1, 0.15) is 10.7 Å². The van der Waals surface area contributed by atoms with Crippen LogP contribution in [0.25, 0.3) is 0 Å². The maximum atomic E-state index is 11.1. The van der Waals surface area contributed by atoms with Gasteiger partial charge in [-0.1, -0.05) is 0 Å². The molecule has 7 nitrogen and oxygen atoms in total. The summed E-state index contributed by atoms with van der Waals surface area (Å²) in [7, 11) is 0. The highest BCUT2D eigenvalue weighted by atomic mass is 35.5. The second kappa shape index (κ2) is 6.87. The fourth-order valence-electron chi connectivity index (χ4n) is 1.14. The van der Waals surface area contributed by atoms with Crippen molar-refractivity contribution in [1.29, 1.82) is 0 Å². The number of furan rings is 1. The molecule has 0 radical (unpaired) electrons. The van der Waals surface area contributed by atoms with Gasteiger partial charge in [-0.25, -0.2) is 0 Å². The molecule has 0 aliphatic rings. The van der Waals surface area contributed by atoms with Gasteiger partial charge in [-0.2, -0.15) is 0 Å². The zero-order chi connectivity index (χ0) is 12.1. The number of halogens is 1. The average molecular weight is 265 g/mol. The third-order valence-corrected chi connectivity index (χ3v) is 1.85. The molecular formula is C9H13ClN2O5. The van der Waals surface area contributed by atoms with Crippen molar-refractivity contribution in [2.45, 2.75) is 19.4 Å². The SMILES string of the molecule is CCOC(=O)C[C@@H](N)c1ccc([N+](=O)[O-])o1.Cl. The number of ether oxygens (including phenoxy) is 1. The van der Waals surface area contributed by atoms with Crippen LogP contribution < -0.4 is 5.73 Å². The third-order valence-electron chi connectivity index (χ3n) is 1.85. The first-order valence-corrected chi connectivity index (χ1v) is 4.70. The maximum absolute atomic E-state index is 11.1. The monoisotopic (exact) mass is 264 g/mol. The number of carbonyl (C=O) groups excluding carboxylic acids is 1. The Morgan fingerprint density at radius 3 is 2.76 bits per heavy atom. The van der Waals surface area contributed by atoms with Crippen LogP contribution in [0.15, 0.2) is 16.5 Å². The normalized spacial score (nSPS) is 11.4. The quantitative estimate of drug-likeness (QED) is 0.491. The second-order valence-corrected chi connectivity index (χ2v) is 3.05. The van der Waals surface area contributed by atoms with Crippen molar-refractivity contribution in [2.75, 3.05) is 6.61 Å². The summed E-state index contributed by atoms with van der Waals surface area (Å²) in [4.78, 5) is 20.8. The van der Waals surface area contributed by atoms with E-state index in [0.717, 1.165) is 0 Å². The third kappa shape index (κ3) is 4.41. The van der Waals surface area contributed by atoms with E-state index in [1.54, 1.807) is 6.92 Å². The lowest BCUT2D eigenvalue weighted by atomic mass is 10.2. The molecule has 0 aliphatic heterocycles. The predicted molar refractivity (Wildman–Crippen MR) is 60.8 cm³/mol. The molecule has 1 rings (SSSR count). The minimum Gasteiger partial charge on any atom is -0.466 e. The largest absolute Gasteiger partial charge is 0.466 e. The lowest BCUT2D eigenvalue weighted by Crippen LogP contribution is -2.16. The van der Waals surface area contributed by atoms with Gasteiger partial charge in [0, 0.05) is 0 Å². The predicted octanol–water partition coefficient (Wildman–Crippen LogP) is 1.56. The number of hydrogen-bond acceptors (Lipinski definition) is 6. The minimum atomic E-state index is -0.729. The van der Waals surface area contributed by atoms with Crippen LogP contribution in [0, 0.1) is 10.1 Å². The summed E-state index contributed by atoms with van der Waals surface area (Å²) in [6.45, 7) is 1.95. The molecule has 1 aromatic rings. The number of nitrogens with two attached hydrogens (primary N) is 1. The van der Waals surface area contributed by atoms with E-state index >= 15 is 0 Å². The molecule has 0 aromatic carbocycles. The van der Waals surface area contributed by atoms with Crippen molar-refractivity contribution >= 4 is 24.3 Å². The number of nitrogens with zero attached hydrogens (tertiary/aromatic N) is 1. The molecule has 8 heteroatoms. The number of carbonyl (C=O) groups is 1. The highest BCUT2D eigenvalue weighted by molar-refractivity contribution is 5.85. The molecule has 0 fully saturated rings. The fourth-order valence-corrected chi connectivity index (χ4v) is 1.14. The van der Waals surface area contributed by atoms with Gasteiger partial charge >= 0.3 is 11.9 Å². The van der Waals surface area contributed by atoms with Crippen LogP contribution in [0.2, 0.25) is 0 Å². The Morgan fingerprint density at radius 2 is 2.29 bits per heavy atom. The molecule has 0 aliphatic carbocycles. The van der Waals surface area contributed by atoms with Crippen molar-refractivity contribution in [3.05, 3.63) is 28.0 Å². The van der Waals surface area contributed by atoms with E-state index in [0.29, 0.717) is 0 Å². The summed E-state index contributed by atoms with van der Waals surface area (Å²) >= 11 is 0. The van der Waals surface area contributed by atoms with Crippen molar-refractivity contribution in [3.8, 4) is 0 Å². The van der Waals surface area contributed by atoms with Gasteiger partial charge in [0.25, 0.3) is 0 Å². The van der Waals surface area contributed by atoms with E-state index in [1.165, 1.54) is 12.1 Å². The van der Waals surface area contributed by atoms with Crippen molar-refractivity contribution < 1.29 is 18.9 Å². The molecule has 0 unspecified atom stereocenters. The second-order valence-electron chi connectivity index (χ2n) is 3.05. The summed E-state index contributed by atoms with van der Waals surface area (Å²) in [5.74, 6) is -0.664. The number of esters is 1. The zero-order valence-electron chi connectivity index (χ0n) is 9.12. The molecule has 96 valence electrons. The maximum Gasteiger partial charge on any atom is 0.433 e. The first-order valence-electron chi connectivity index (χ1n) is 4.70. The van der Waals surface area contributed by atoms with Crippen molar-refractivity contribution in [1.82, 2.24) is 0 Å². The molecule has 17 heavy (non-hydrogen) atoms. The smallest absolute Gasteiger partial charge is 0.433 e. The van der Waals surface area contributed by atoms with Crippen LogP contribution >= 0.6 is 12.4 Å². The Kier molecular flexibility index (Phi) is 6.22. The van der Waals surface area contributed by atoms with Crippen LogP contribution in [-0.2, 0) is 9.53 Å². The average Bonchev–Trinajstić information content (AvgIpc) is 2.66. The fraction of sp³-hybridized carbons (Fsp3) is 0.444. The topological polar surface area (TPSA) is 109 Å². The molecular weight excluding hydrogens is 252 g/mol. The molecule has 0 amide bonds. The molecule has 0 saturated heterocycles. The van der Waals surface area contributed by atoms with E-state index in [-0.39, 0.29) is 31.2 Å². The van der Waals surface area contributed by atoms with Gasteiger partial charge in [-0.15, -0.1) is 12.4 Å². The number of nitro groups is 1. The van der Waals surface area contributed by atoms with E-state index in [9.17, 15) is 14.9 Å². The van der Waals surface area contributed by atoms with E-state index < -0.39 is 22.8 Å². The van der Waals surface area contributed by atoms with E-state index in [1.807, 2.05) is 0 Å². The van der Waals surface area contributed by atoms with Crippen LogP contribution in [0.1, 0.15) is 25.1 Å². The first kappa shape index (κ1) is 15.4. The first-order chi connectivity index (χ1) is 7.54. The van der Waals surface area contributed by atoms with Crippen molar-refractivity contribution in [2.24, 2.45) is 5.73 Å². The molecule has 1 atom stereocenters. The van der Waals surface area contributed by atoms with Crippen LogP contribution in [0.5, 0.6) is 0 Å². The van der Waals surface area contributed by atoms with Crippen molar-refractivity contribution in [3.63, 3.8) is 0 Å². The Morgan fingerprint density at radius 1 is 1.65 bits per heavy atom. The molecule has 0 bridgehead atoms. The van der Waals surface area contributed by atoms with E-state index in [4.69, 9.17) is 14.9 Å². The van der Waals surface area contributed by atoms with Crippen LogP contribution in [-0.4, -0.2) is 17.5 Å². The lowest BCUT2D eigenvalue weighted by molar-refractivity contribution is -0.402. The molecule has 2 N–H and O–H groups in total. The zero-order valence-corrected chi connectivity index (χ0v) is 9.94. The molecule has 0 spiro atoms. The van der Waals surface area contributed by atoms with Gasteiger partial charge in [-0.05, 0) is 13.0 Å². The Hall–Kier alpha value is -1.60. The molecule has 0 saturated carbocycles.